The summed E-state index contributed by atoms with van der Waals surface area (Å²) in [4.78, 5) is 0. The van der Waals surface area contributed by atoms with Crippen molar-refractivity contribution < 1.29 is 9.13 Å². The van der Waals surface area contributed by atoms with Gasteiger partial charge in [0, 0.05) is 5.56 Å². The maximum atomic E-state index is 12.9. The van der Waals surface area contributed by atoms with Crippen LogP contribution in [0.1, 0.15) is 52.7 Å². The second-order valence-electron chi connectivity index (χ2n) is 2.57. The van der Waals surface area contributed by atoms with Crippen LogP contribution >= 0.6 is 0 Å². The molecule has 17 heavy (non-hydrogen) atoms. The van der Waals surface area contributed by atoms with Crippen molar-refractivity contribution in [3.8, 4) is 5.75 Å². The second-order valence-corrected chi connectivity index (χ2v) is 2.57. The highest BCUT2D eigenvalue weighted by molar-refractivity contribution is 5.37. The highest BCUT2D eigenvalue weighted by atomic mass is 19.1. The maximum absolute atomic E-state index is 12.9. The summed E-state index contributed by atoms with van der Waals surface area (Å²) in [6.07, 6.45) is 0. The molecule has 0 N–H and O–H groups in total. The lowest BCUT2D eigenvalue weighted by Crippen LogP contribution is -1.91. The highest BCUT2D eigenvalue weighted by Gasteiger charge is 2.04. The standard InChI is InChI=1S/C9H11FO.3C2H6/c1-6-4-8(10)7(2)9(5-6)11-3;3*1-2/h4-5H,1-3H3;3*1-2H3. The first-order chi connectivity index (χ1) is 8.15. The molecule has 0 unspecified atom stereocenters. The Kier molecular flexibility index (Phi) is 18.7. The molecule has 0 saturated carbocycles. The van der Waals surface area contributed by atoms with E-state index >= 15 is 0 Å². The first-order valence-electron chi connectivity index (χ1n) is 6.46. The molecular weight excluding hydrogens is 215 g/mol. The van der Waals surface area contributed by atoms with Crippen molar-refractivity contribution in [1.82, 2.24) is 0 Å². The van der Waals surface area contributed by atoms with Crippen molar-refractivity contribution in [3.05, 3.63) is 29.1 Å². The van der Waals surface area contributed by atoms with Gasteiger partial charge in [0.25, 0.3) is 0 Å². The van der Waals surface area contributed by atoms with Crippen LogP contribution in [0.15, 0.2) is 12.1 Å². The maximum Gasteiger partial charge on any atom is 0.130 e. The molecule has 0 saturated heterocycles. The van der Waals surface area contributed by atoms with Gasteiger partial charge in [-0.15, -0.1) is 0 Å². The Morgan fingerprint density at radius 2 is 1.29 bits per heavy atom. The molecule has 102 valence electrons. The number of aryl methyl sites for hydroxylation is 1. The van der Waals surface area contributed by atoms with Crippen LogP contribution in [0.4, 0.5) is 4.39 Å². The summed E-state index contributed by atoms with van der Waals surface area (Å²) in [5.41, 5.74) is 1.45. The van der Waals surface area contributed by atoms with Crippen molar-refractivity contribution in [2.24, 2.45) is 0 Å². The summed E-state index contributed by atoms with van der Waals surface area (Å²) in [6.45, 7) is 15.5. The first-order valence-corrected chi connectivity index (χ1v) is 6.46. The summed E-state index contributed by atoms with van der Waals surface area (Å²) in [5, 5.41) is 0. The first kappa shape index (κ1) is 21.3. The SMILES string of the molecule is CC.CC.CC.COc1cc(C)cc(F)c1C. The Labute approximate surface area is 107 Å². The zero-order valence-electron chi connectivity index (χ0n) is 12.9. The van der Waals surface area contributed by atoms with E-state index in [1.807, 2.05) is 54.5 Å². The van der Waals surface area contributed by atoms with E-state index in [0.29, 0.717) is 11.3 Å². The predicted octanol–water partition coefficient (Wildman–Crippen LogP) is 5.53. The van der Waals surface area contributed by atoms with Crippen LogP contribution in [-0.2, 0) is 0 Å². The van der Waals surface area contributed by atoms with Gasteiger partial charge < -0.3 is 4.74 Å². The van der Waals surface area contributed by atoms with Gasteiger partial charge in [-0.2, -0.15) is 0 Å². The third kappa shape index (κ3) is 8.73. The molecule has 0 aliphatic carbocycles. The monoisotopic (exact) mass is 244 g/mol. The molecule has 0 atom stereocenters. The van der Waals surface area contributed by atoms with E-state index in [4.69, 9.17) is 4.74 Å². The Bertz CT molecular complexity index is 270. The molecule has 0 radical (unpaired) electrons. The van der Waals surface area contributed by atoms with Crippen LogP contribution in [0.2, 0.25) is 0 Å². The van der Waals surface area contributed by atoms with Crippen LogP contribution < -0.4 is 4.74 Å². The predicted molar refractivity (Wildman–Crippen MR) is 76.5 cm³/mol. The topological polar surface area (TPSA) is 9.23 Å². The fourth-order valence-corrected chi connectivity index (χ4v) is 0.995. The Hall–Kier alpha value is -1.05. The summed E-state index contributed by atoms with van der Waals surface area (Å²) in [6, 6.07) is 3.32. The van der Waals surface area contributed by atoms with E-state index in [1.165, 1.54) is 6.07 Å². The molecule has 2 heteroatoms. The van der Waals surface area contributed by atoms with Gasteiger partial charge in [-0.05, 0) is 31.5 Å². The summed E-state index contributed by atoms with van der Waals surface area (Å²) in [5.74, 6) is 0.407. The van der Waals surface area contributed by atoms with Crippen molar-refractivity contribution in [2.45, 2.75) is 55.4 Å². The minimum absolute atomic E-state index is 0.207. The average molecular weight is 244 g/mol. The zero-order chi connectivity index (χ0) is 14.4. The third-order valence-corrected chi connectivity index (χ3v) is 1.66. The average Bonchev–Trinajstić information content (AvgIpc) is 2.41. The molecule has 0 heterocycles. The number of ether oxygens (including phenoxy) is 1. The molecule has 0 bridgehead atoms. The Morgan fingerprint density at radius 1 is 0.882 bits per heavy atom. The van der Waals surface area contributed by atoms with E-state index < -0.39 is 0 Å². The zero-order valence-corrected chi connectivity index (χ0v) is 12.9. The number of hydrogen-bond donors (Lipinski definition) is 0. The lowest BCUT2D eigenvalue weighted by Gasteiger charge is -2.05. The summed E-state index contributed by atoms with van der Waals surface area (Å²) >= 11 is 0. The number of hydrogen-bond acceptors (Lipinski definition) is 1. The molecule has 0 fully saturated rings. The van der Waals surface area contributed by atoms with Crippen LogP contribution in [-0.4, -0.2) is 7.11 Å². The fourth-order valence-electron chi connectivity index (χ4n) is 0.995. The van der Waals surface area contributed by atoms with Crippen LogP contribution in [0.25, 0.3) is 0 Å². The molecule has 0 aliphatic heterocycles. The lowest BCUT2D eigenvalue weighted by atomic mass is 10.1. The summed E-state index contributed by atoms with van der Waals surface area (Å²) in [7, 11) is 1.54. The molecule has 1 nitrogen and oxygen atoms in total. The van der Waals surface area contributed by atoms with Gasteiger partial charge in [0.05, 0.1) is 7.11 Å². The third-order valence-electron chi connectivity index (χ3n) is 1.66. The van der Waals surface area contributed by atoms with Gasteiger partial charge in [0.15, 0.2) is 0 Å². The number of halogens is 1. The molecule has 1 aromatic carbocycles. The van der Waals surface area contributed by atoms with Crippen molar-refractivity contribution in [2.75, 3.05) is 7.11 Å². The number of benzene rings is 1. The van der Waals surface area contributed by atoms with Gasteiger partial charge in [-0.3, -0.25) is 0 Å². The Balaban J connectivity index is -0.000000285. The van der Waals surface area contributed by atoms with Crippen LogP contribution in [0, 0.1) is 19.7 Å². The van der Waals surface area contributed by atoms with Crippen LogP contribution in [0.5, 0.6) is 5.75 Å². The molecule has 0 aromatic heterocycles. The van der Waals surface area contributed by atoms with E-state index in [-0.39, 0.29) is 5.82 Å². The molecule has 0 aliphatic rings. The summed E-state index contributed by atoms with van der Waals surface area (Å²) < 4.78 is 17.9. The van der Waals surface area contributed by atoms with E-state index in [2.05, 4.69) is 0 Å². The second kappa shape index (κ2) is 14.9. The van der Waals surface area contributed by atoms with Crippen molar-refractivity contribution in [3.63, 3.8) is 0 Å². The van der Waals surface area contributed by atoms with E-state index in [9.17, 15) is 4.39 Å². The van der Waals surface area contributed by atoms with Crippen molar-refractivity contribution in [1.29, 1.82) is 0 Å². The van der Waals surface area contributed by atoms with E-state index in [0.717, 1.165) is 5.56 Å². The van der Waals surface area contributed by atoms with Gasteiger partial charge in [0.2, 0.25) is 0 Å². The quantitative estimate of drug-likeness (QED) is 0.631. The Morgan fingerprint density at radius 3 is 1.65 bits per heavy atom. The van der Waals surface area contributed by atoms with Gasteiger partial charge in [-0.1, -0.05) is 41.5 Å². The smallest absolute Gasteiger partial charge is 0.130 e. The molecule has 1 rings (SSSR count). The molecule has 1 aromatic rings. The van der Waals surface area contributed by atoms with Gasteiger partial charge in [0.1, 0.15) is 11.6 Å². The fraction of sp³-hybridized carbons (Fsp3) is 0.600. The molecule has 0 spiro atoms. The molecular formula is C15H29FO. The molecule has 0 amide bonds. The van der Waals surface area contributed by atoms with Crippen LogP contribution in [0.3, 0.4) is 0 Å². The number of methoxy groups -OCH3 is 1. The van der Waals surface area contributed by atoms with Gasteiger partial charge >= 0.3 is 0 Å². The normalized spacial score (nSPS) is 7.41. The largest absolute Gasteiger partial charge is 0.496 e. The van der Waals surface area contributed by atoms with Gasteiger partial charge in [-0.25, -0.2) is 4.39 Å². The minimum Gasteiger partial charge on any atom is -0.496 e. The highest BCUT2D eigenvalue weighted by Crippen LogP contribution is 2.21. The number of rotatable bonds is 1. The van der Waals surface area contributed by atoms with Crippen molar-refractivity contribution >= 4 is 0 Å². The lowest BCUT2D eigenvalue weighted by molar-refractivity contribution is 0.407. The van der Waals surface area contributed by atoms with E-state index in [1.54, 1.807) is 14.0 Å². The minimum atomic E-state index is -0.207.